The Hall–Kier alpha value is -2.31. The van der Waals surface area contributed by atoms with Crippen molar-refractivity contribution < 1.29 is 13.2 Å². The average Bonchev–Trinajstić information content (AvgIpc) is 2.84. The lowest BCUT2D eigenvalue weighted by molar-refractivity contribution is -0.137. The molecule has 7 heteroatoms. The highest BCUT2D eigenvalue weighted by Crippen LogP contribution is 2.31. The zero-order chi connectivity index (χ0) is 17.0. The van der Waals surface area contributed by atoms with Crippen molar-refractivity contribution in [1.82, 2.24) is 9.97 Å². The summed E-state index contributed by atoms with van der Waals surface area (Å²) in [5.74, 6) is 1.11. The van der Waals surface area contributed by atoms with Gasteiger partial charge in [-0.3, -0.25) is 0 Å². The molecule has 1 aromatic heterocycles. The molecule has 0 saturated carbocycles. The predicted molar refractivity (Wildman–Crippen MR) is 87.4 cm³/mol. The van der Waals surface area contributed by atoms with E-state index in [2.05, 4.69) is 20.2 Å². The molecular weight excluding hydrogens is 317 g/mol. The Balaban J connectivity index is 1.77. The molecule has 1 N–H and O–H groups in total. The number of hydrogen-bond donors (Lipinski definition) is 1. The number of hydrogen-bond acceptors (Lipinski definition) is 4. The van der Waals surface area contributed by atoms with E-state index in [4.69, 9.17) is 0 Å². The first-order valence-electron chi connectivity index (χ1n) is 8.05. The van der Waals surface area contributed by atoms with Crippen molar-refractivity contribution in [2.75, 3.05) is 23.3 Å². The van der Waals surface area contributed by atoms with Gasteiger partial charge >= 0.3 is 6.18 Å². The van der Waals surface area contributed by atoms with Crippen LogP contribution in [0, 0.1) is 0 Å². The third-order valence-corrected chi connectivity index (χ3v) is 4.02. The molecule has 1 aliphatic heterocycles. The summed E-state index contributed by atoms with van der Waals surface area (Å²) < 4.78 is 38.4. The number of nitrogens with one attached hydrogen (secondary N) is 1. The Labute approximate surface area is 138 Å². The van der Waals surface area contributed by atoms with Crippen molar-refractivity contribution in [3.8, 4) is 0 Å². The molecule has 2 heterocycles. The van der Waals surface area contributed by atoms with Gasteiger partial charge in [-0.15, -0.1) is 0 Å². The van der Waals surface area contributed by atoms with Crippen LogP contribution in [-0.4, -0.2) is 23.1 Å². The standard InChI is InChI=1S/C17H19F3N4/c18-17(19,20)13-6-5-7-14(12-13)22-16-21-9-8-15(23-16)24-10-3-1-2-4-11-24/h5-9,12H,1-4,10-11H2,(H,21,22,23). The van der Waals surface area contributed by atoms with Gasteiger partial charge in [-0.05, 0) is 37.1 Å². The van der Waals surface area contributed by atoms with E-state index in [1.54, 1.807) is 12.3 Å². The second-order valence-corrected chi connectivity index (χ2v) is 5.84. The Kier molecular flexibility index (Phi) is 4.87. The average molecular weight is 336 g/mol. The van der Waals surface area contributed by atoms with Crippen LogP contribution in [0.25, 0.3) is 0 Å². The fourth-order valence-corrected chi connectivity index (χ4v) is 2.79. The smallest absolute Gasteiger partial charge is 0.356 e. The van der Waals surface area contributed by atoms with Gasteiger partial charge in [0.25, 0.3) is 0 Å². The van der Waals surface area contributed by atoms with Crippen LogP contribution in [0.4, 0.5) is 30.6 Å². The van der Waals surface area contributed by atoms with E-state index in [1.807, 2.05) is 6.07 Å². The van der Waals surface area contributed by atoms with E-state index in [1.165, 1.54) is 18.9 Å². The molecule has 0 atom stereocenters. The summed E-state index contributed by atoms with van der Waals surface area (Å²) in [7, 11) is 0. The summed E-state index contributed by atoms with van der Waals surface area (Å²) >= 11 is 0. The maximum atomic E-state index is 12.8. The molecule has 4 nitrogen and oxygen atoms in total. The van der Waals surface area contributed by atoms with Crippen molar-refractivity contribution in [3.63, 3.8) is 0 Å². The second-order valence-electron chi connectivity index (χ2n) is 5.84. The quantitative estimate of drug-likeness (QED) is 0.888. The summed E-state index contributed by atoms with van der Waals surface area (Å²) in [5, 5.41) is 2.86. The first-order valence-corrected chi connectivity index (χ1v) is 8.05. The second kappa shape index (κ2) is 7.07. The molecule has 2 aromatic rings. The number of alkyl halides is 3. The van der Waals surface area contributed by atoms with Gasteiger partial charge in [0, 0.05) is 25.0 Å². The molecule has 3 rings (SSSR count). The van der Waals surface area contributed by atoms with Gasteiger partial charge in [-0.2, -0.15) is 18.2 Å². The molecule has 128 valence electrons. The maximum Gasteiger partial charge on any atom is 0.416 e. The minimum absolute atomic E-state index is 0.302. The molecule has 1 saturated heterocycles. The zero-order valence-corrected chi connectivity index (χ0v) is 13.2. The molecule has 1 fully saturated rings. The molecule has 0 amide bonds. The number of rotatable bonds is 3. The molecule has 0 radical (unpaired) electrons. The first-order chi connectivity index (χ1) is 11.5. The molecule has 24 heavy (non-hydrogen) atoms. The summed E-state index contributed by atoms with van der Waals surface area (Å²) in [6.45, 7) is 1.89. The van der Waals surface area contributed by atoms with Crippen LogP contribution in [0.3, 0.4) is 0 Å². The molecule has 0 aliphatic carbocycles. The number of halogens is 3. The van der Waals surface area contributed by atoms with Crippen LogP contribution in [0.5, 0.6) is 0 Å². The third kappa shape index (κ3) is 4.15. The Morgan fingerprint density at radius 3 is 2.46 bits per heavy atom. The van der Waals surface area contributed by atoms with Crippen LogP contribution >= 0.6 is 0 Å². The molecule has 0 bridgehead atoms. The summed E-state index contributed by atoms with van der Waals surface area (Å²) in [5.41, 5.74) is -0.381. The summed E-state index contributed by atoms with van der Waals surface area (Å²) in [6, 6.07) is 6.87. The van der Waals surface area contributed by atoms with Crippen LogP contribution in [0.2, 0.25) is 0 Å². The van der Waals surface area contributed by atoms with Crippen molar-refractivity contribution in [3.05, 3.63) is 42.1 Å². The Bertz CT molecular complexity index is 680. The summed E-state index contributed by atoms with van der Waals surface area (Å²) in [4.78, 5) is 10.8. The van der Waals surface area contributed by atoms with E-state index in [-0.39, 0.29) is 0 Å². The molecular formula is C17H19F3N4. The van der Waals surface area contributed by atoms with Crippen molar-refractivity contribution in [2.24, 2.45) is 0 Å². The summed E-state index contributed by atoms with van der Waals surface area (Å²) in [6.07, 6.45) is 1.95. The van der Waals surface area contributed by atoms with Crippen LogP contribution in [0.15, 0.2) is 36.5 Å². The van der Waals surface area contributed by atoms with E-state index in [0.29, 0.717) is 11.6 Å². The lowest BCUT2D eigenvalue weighted by atomic mass is 10.2. The predicted octanol–water partition coefficient (Wildman–Crippen LogP) is 4.62. The maximum absolute atomic E-state index is 12.8. The van der Waals surface area contributed by atoms with Crippen molar-refractivity contribution in [2.45, 2.75) is 31.9 Å². The van der Waals surface area contributed by atoms with E-state index in [9.17, 15) is 13.2 Å². The Morgan fingerprint density at radius 1 is 1.00 bits per heavy atom. The van der Waals surface area contributed by atoms with Gasteiger partial charge in [0.2, 0.25) is 5.95 Å². The lowest BCUT2D eigenvalue weighted by Crippen LogP contribution is -2.25. The Morgan fingerprint density at radius 2 is 1.75 bits per heavy atom. The van der Waals surface area contributed by atoms with Gasteiger partial charge in [-0.1, -0.05) is 18.9 Å². The fraction of sp³-hybridized carbons (Fsp3) is 0.412. The van der Waals surface area contributed by atoms with Gasteiger partial charge in [0.15, 0.2) is 0 Å². The van der Waals surface area contributed by atoms with Gasteiger partial charge < -0.3 is 10.2 Å². The van der Waals surface area contributed by atoms with Gasteiger partial charge in [-0.25, -0.2) is 4.98 Å². The monoisotopic (exact) mass is 336 g/mol. The van der Waals surface area contributed by atoms with Gasteiger partial charge in [0.1, 0.15) is 5.82 Å². The van der Waals surface area contributed by atoms with Crippen molar-refractivity contribution in [1.29, 1.82) is 0 Å². The minimum Gasteiger partial charge on any atom is -0.356 e. The van der Waals surface area contributed by atoms with Crippen molar-refractivity contribution >= 4 is 17.5 Å². The lowest BCUT2D eigenvalue weighted by Gasteiger charge is -2.21. The third-order valence-electron chi connectivity index (χ3n) is 4.02. The first kappa shape index (κ1) is 16.5. The molecule has 0 unspecified atom stereocenters. The van der Waals surface area contributed by atoms with E-state index in [0.717, 1.165) is 43.9 Å². The van der Waals surface area contributed by atoms with Crippen LogP contribution in [-0.2, 0) is 6.18 Å². The normalized spacial score (nSPS) is 15.9. The largest absolute Gasteiger partial charge is 0.416 e. The SMILES string of the molecule is FC(F)(F)c1cccc(Nc2nccc(N3CCCCCC3)n2)c1. The van der Waals surface area contributed by atoms with Crippen LogP contribution < -0.4 is 10.2 Å². The topological polar surface area (TPSA) is 41.1 Å². The number of nitrogens with zero attached hydrogens (tertiary/aromatic N) is 3. The van der Waals surface area contributed by atoms with E-state index >= 15 is 0 Å². The highest BCUT2D eigenvalue weighted by Gasteiger charge is 2.30. The number of benzene rings is 1. The molecule has 0 spiro atoms. The number of aromatic nitrogens is 2. The molecule has 1 aliphatic rings. The van der Waals surface area contributed by atoms with E-state index < -0.39 is 11.7 Å². The highest BCUT2D eigenvalue weighted by molar-refractivity contribution is 5.56. The molecule has 1 aromatic carbocycles. The van der Waals surface area contributed by atoms with Gasteiger partial charge in [0.05, 0.1) is 5.56 Å². The zero-order valence-electron chi connectivity index (χ0n) is 13.2. The minimum atomic E-state index is -4.37. The highest BCUT2D eigenvalue weighted by atomic mass is 19.4. The van der Waals surface area contributed by atoms with Crippen LogP contribution in [0.1, 0.15) is 31.2 Å². The fourth-order valence-electron chi connectivity index (χ4n) is 2.79. The number of anilines is 3.